The normalized spacial score (nSPS) is 11.2. The molecule has 0 aliphatic carbocycles. The summed E-state index contributed by atoms with van der Waals surface area (Å²) in [7, 11) is 0. The molecule has 0 unspecified atom stereocenters. The third kappa shape index (κ3) is 4.27. The fraction of sp³-hybridized carbons (Fsp3) is 0. The number of hydrogen-bond acceptors (Lipinski definition) is 4. The van der Waals surface area contributed by atoms with Gasteiger partial charge >= 0.3 is 0 Å². The van der Waals surface area contributed by atoms with Gasteiger partial charge in [0.05, 0.1) is 11.6 Å². The van der Waals surface area contributed by atoms with Gasteiger partial charge in [0.2, 0.25) is 0 Å². The monoisotopic (exact) mass is 560 g/mol. The minimum Gasteiger partial charge on any atom is -0.208 e. The van der Waals surface area contributed by atoms with Crippen LogP contribution in [0.5, 0.6) is 0 Å². The molecule has 4 nitrogen and oxygen atoms in total. The first kappa shape index (κ1) is 25.5. The first-order valence-corrected chi connectivity index (χ1v) is 14.5. The van der Waals surface area contributed by atoms with E-state index in [1.165, 1.54) is 16.2 Å². The van der Waals surface area contributed by atoms with Gasteiger partial charge in [-0.25, -0.2) is 15.0 Å². The topological polar surface area (TPSA) is 62.5 Å². The highest BCUT2D eigenvalue weighted by atomic mass is 15.0. The van der Waals surface area contributed by atoms with Gasteiger partial charge in [0, 0.05) is 22.1 Å². The minimum atomic E-state index is 0.584. The quantitative estimate of drug-likeness (QED) is 0.201. The van der Waals surface area contributed by atoms with Crippen molar-refractivity contribution in [3.63, 3.8) is 0 Å². The molecule has 0 amide bonds. The Balaban J connectivity index is 1.57. The van der Waals surface area contributed by atoms with E-state index in [1.807, 2.05) is 84.9 Å². The zero-order valence-corrected chi connectivity index (χ0v) is 23.6. The lowest BCUT2D eigenvalue weighted by molar-refractivity contribution is 1.08. The van der Waals surface area contributed by atoms with Crippen LogP contribution < -0.4 is 0 Å². The Morgan fingerprint density at radius 3 is 1.48 bits per heavy atom. The van der Waals surface area contributed by atoms with Crippen LogP contribution in [0.1, 0.15) is 5.56 Å². The van der Waals surface area contributed by atoms with Crippen LogP contribution in [-0.2, 0) is 0 Å². The summed E-state index contributed by atoms with van der Waals surface area (Å²) < 4.78 is 0. The minimum absolute atomic E-state index is 0.584. The van der Waals surface area contributed by atoms with Crippen molar-refractivity contribution in [3.8, 4) is 51.4 Å². The molecular formula is C40H24N4. The fourth-order valence-electron chi connectivity index (χ4n) is 6.15. The SMILES string of the molecule is N#Cc1cccc(-c2ccc3c4ccccc4c4ccccc4c3c2-c2nc(-c3ccccc3)nc(-c3ccccc3)n2)c1. The molecule has 0 radical (unpaired) electrons. The van der Waals surface area contributed by atoms with Crippen LogP contribution in [0, 0.1) is 11.3 Å². The molecule has 0 spiro atoms. The number of fused-ring (bicyclic) bond motifs is 6. The smallest absolute Gasteiger partial charge is 0.165 e. The van der Waals surface area contributed by atoms with Gasteiger partial charge in [-0.15, -0.1) is 0 Å². The zero-order chi connectivity index (χ0) is 29.5. The van der Waals surface area contributed by atoms with E-state index in [2.05, 4.69) is 66.7 Å². The van der Waals surface area contributed by atoms with Crippen molar-refractivity contribution >= 4 is 32.3 Å². The van der Waals surface area contributed by atoms with E-state index < -0.39 is 0 Å². The third-order valence-electron chi connectivity index (χ3n) is 8.13. The lowest BCUT2D eigenvalue weighted by atomic mass is 9.87. The number of benzene rings is 7. The molecule has 44 heavy (non-hydrogen) atoms. The highest BCUT2D eigenvalue weighted by molar-refractivity contribution is 6.29. The number of nitriles is 1. The van der Waals surface area contributed by atoms with Crippen LogP contribution in [0.4, 0.5) is 0 Å². The van der Waals surface area contributed by atoms with Crippen molar-refractivity contribution in [1.29, 1.82) is 5.26 Å². The lowest BCUT2D eigenvalue weighted by Gasteiger charge is -2.18. The maximum absolute atomic E-state index is 9.77. The van der Waals surface area contributed by atoms with Crippen LogP contribution in [0.2, 0.25) is 0 Å². The van der Waals surface area contributed by atoms with Gasteiger partial charge in [0.1, 0.15) is 0 Å². The molecule has 0 atom stereocenters. The predicted molar refractivity (Wildman–Crippen MR) is 179 cm³/mol. The van der Waals surface area contributed by atoms with E-state index in [1.54, 1.807) is 0 Å². The first-order chi connectivity index (χ1) is 21.8. The van der Waals surface area contributed by atoms with Gasteiger partial charge in [-0.1, -0.05) is 133 Å². The van der Waals surface area contributed by atoms with Crippen molar-refractivity contribution in [1.82, 2.24) is 15.0 Å². The zero-order valence-electron chi connectivity index (χ0n) is 23.6. The van der Waals surface area contributed by atoms with Crippen LogP contribution in [0.3, 0.4) is 0 Å². The molecule has 4 heteroatoms. The second-order valence-corrected chi connectivity index (χ2v) is 10.7. The van der Waals surface area contributed by atoms with E-state index >= 15 is 0 Å². The Labute approximate surface area is 254 Å². The van der Waals surface area contributed by atoms with Crippen molar-refractivity contribution in [2.75, 3.05) is 0 Å². The summed E-state index contributed by atoms with van der Waals surface area (Å²) in [4.78, 5) is 15.3. The molecular weight excluding hydrogens is 536 g/mol. The molecule has 8 aromatic rings. The fourth-order valence-corrected chi connectivity index (χ4v) is 6.15. The van der Waals surface area contributed by atoms with Gasteiger partial charge in [-0.05, 0) is 50.2 Å². The molecule has 8 rings (SSSR count). The van der Waals surface area contributed by atoms with Gasteiger partial charge in [-0.2, -0.15) is 5.26 Å². The third-order valence-corrected chi connectivity index (χ3v) is 8.13. The second kappa shape index (κ2) is 10.6. The van der Waals surface area contributed by atoms with Gasteiger partial charge in [-0.3, -0.25) is 0 Å². The van der Waals surface area contributed by atoms with Crippen LogP contribution >= 0.6 is 0 Å². The molecule has 0 bridgehead atoms. The highest BCUT2D eigenvalue weighted by Gasteiger charge is 2.21. The summed E-state index contributed by atoms with van der Waals surface area (Å²) >= 11 is 0. The van der Waals surface area contributed by atoms with Crippen LogP contribution in [0.25, 0.3) is 77.6 Å². The van der Waals surface area contributed by atoms with Gasteiger partial charge < -0.3 is 0 Å². The molecule has 1 heterocycles. The van der Waals surface area contributed by atoms with Gasteiger partial charge in [0.15, 0.2) is 17.5 Å². The van der Waals surface area contributed by atoms with Crippen LogP contribution in [-0.4, -0.2) is 15.0 Å². The molecule has 204 valence electrons. The van der Waals surface area contributed by atoms with Crippen LogP contribution in [0.15, 0.2) is 146 Å². The summed E-state index contributed by atoms with van der Waals surface area (Å²) in [6.07, 6.45) is 0. The van der Waals surface area contributed by atoms with Crippen molar-refractivity contribution in [2.45, 2.75) is 0 Å². The Morgan fingerprint density at radius 2 is 0.886 bits per heavy atom. The average molecular weight is 561 g/mol. The van der Waals surface area contributed by atoms with E-state index in [0.29, 0.717) is 23.0 Å². The second-order valence-electron chi connectivity index (χ2n) is 10.7. The maximum atomic E-state index is 9.77. The predicted octanol–water partition coefficient (Wildman–Crippen LogP) is 9.87. The molecule has 0 saturated carbocycles. The van der Waals surface area contributed by atoms with Crippen molar-refractivity contribution in [2.24, 2.45) is 0 Å². The van der Waals surface area contributed by atoms with Gasteiger partial charge in [0.25, 0.3) is 0 Å². The van der Waals surface area contributed by atoms with E-state index in [4.69, 9.17) is 15.0 Å². The molecule has 1 aromatic heterocycles. The van der Waals surface area contributed by atoms with Crippen molar-refractivity contribution < 1.29 is 0 Å². The number of aromatic nitrogens is 3. The average Bonchev–Trinajstić information content (AvgIpc) is 3.11. The summed E-state index contributed by atoms with van der Waals surface area (Å²) in [5, 5.41) is 16.6. The Morgan fingerprint density at radius 1 is 0.409 bits per heavy atom. The number of nitrogens with zero attached hydrogens (tertiary/aromatic N) is 4. The summed E-state index contributed by atoms with van der Waals surface area (Å²) in [5.74, 6) is 1.79. The molecule has 0 fully saturated rings. The Kier molecular flexibility index (Phi) is 6.14. The number of hydrogen-bond donors (Lipinski definition) is 0. The molecule has 0 saturated heterocycles. The van der Waals surface area contributed by atoms with E-state index in [-0.39, 0.29) is 0 Å². The summed E-state index contributed by atoms with van der Waals surface area (Å²) in [6.45, 7) is 0. The first-order valence-electron chi connectivity index (χ1n) is 14.5. The number of rotatable bonds is 4. The molecule has 0 aliphatic rings. The largest absolute Gasteiger partial charge is 0.208 e. The Bertz CT molecular complexity index is 2300. The van der Waals surface area contributed by atoms with Crippen molar-refractivity contribution in [3.05, 3.63) is 151 Å². The Hall–Kier alpha value is -6.18. The summed E-state index contributed by atoms with van der Waals surface area (Å²) in [5.41, 5.74) is 5.23. The molecule has 7 aromatic carbocycles. The van der Waals surface area contributed by atoms with E-state index in [0.717, 1.165) is 44.0 Å². The molecule has 0 N–H and O–H groups in total. The molecule has 0 aliphatic heterocycles. The summed E-state index contributed by atoms with van der Waals surface area (Å²) in [6, 6.07) is 51.5. The highest BCUT2D eigenvalue weighted by Crippen LogP contribution is 2.44. The standard InChI is InChI=1S/C40H24N4/c41-25-26-12-11-17-29(24-26)30-22-23-35-33-20-8-7-18-31(33)32-19-9-10-21-34(32)36(35)37(30)40-43-38(27-13-3-1-4-14-27)42-39(44-40)28-15-5-2-6-16-28/h1-24H. The lowest BCUT2D eigenvalue weighted by Crippen LogP contribution is -2.02. The maximum Gasteiger partial charge on any atom is 0.165 e. The van der Waals surface area contributed by atoms with E-state index in [9.17, 15) is 5.26 Å².